The van der Waals surface area contributed by atoms with Crippen molar-refractivity contribution >= 4 is 16.9 Å². The number of rotatable bonds is 2. The molecule has 2 N–H and O–H groups in total. The molecule has 2 aromatic heterocycles. The molecule has 0 aliphatic heterocycles. The molecular weight excluding hydrogens is 190 g/mol. The Morgan fingerprint density at radius 2 is 2.40 bits per heavy atom. The Labute approximate surface area is 86.7 Å². The maximum atomic E-state index is 11.7. The number of carbonyl (C=O) groups excluding carboxylic acids is 1. The SMILES string of the molecule is O=C(NC1CC1)c1cnc2[nH]ccc2c1. The zero-order chi connectivity index (χ0) is 10.3. The van der Waals surface area contributed by atoms with Crippen LogP contribution in [0.5, 0.6) is 0 Å². The Morgan fingerprint density at radius 3 is 3.20 bits per heavy atom. The van der Waals surface area contributed by atoms with Crippen LogP contribution in [-0.4, -0.2) is 21.9 Å². The summed E-state index contributed by atoms with van der Waals surface area (Å²) in [6.45, 7) is 0. The molecule has 1 saturated carbocycles. The summed E-state index contributed by atoms with van der Waals surface area (Å²) in [5.41, 5.74) is 1.45. The Bertz CT molecular complexity index is 513. The van der Waals surface area contributed by atoms with Gasteiger partial charge in [-0.3, -0.25) is 4.79 Å². The van der Waals surface area contributed by atoms with E-state index >= 15 is 0 Å². The lowest BCUT2D eigenvalue weighted by Gasteiger charge is -2.02. The topological polar surface area (TPSA) is 57.8 Å². The number of aromatic nitrogens is 2. The van der Waals surface area contributed by atoms with E-state index in [9.17, 15) is 4.79 Å². The maximum absolute atomic E-state index is 11.7. The predicted octanol–water partition coefficient (Wildman–Crippen LogP) is 1.46. The number of aromatic amines is 1. The van der Waals surface area contributed by atoms with Gasteiger partial charge < -0.3 is 10.3 Å². The number of H-pyrrole nitrogens is 1. The molecule has 0 saturated heterocycles. The third-order valence-corrected chi connectivity index (χ3v) is 2.57. The quantitative estimate of drug-likeness (QED) is 0.772. The second-order valence-corrected chi connectivity index (χ2v) is 3.89. The van der Waals surface area contributed by atoms with Gasteiger partial charge in [0.2, 0.25) is 0 Å². The van der Waals surface area contributed by atoms with Crippen molar-refractivity contribution in [3.8, 4) is 0 Å². The molecule has 4 nitrogen and oxygen atoms in total. The number of fused-ring (bicyclic) bond motifs is 1. The monoisotopic (exact) mass is 201 g/mol. The second kappa shape index (κ2) is 3.08. The molecule has 0 radical (unpaired) electrons. The standard InChI is InChI=1S/C11H11N3O/c15-11(14-9-1-2-9)8-5-7-3-4-12-10(7)13-6-8/h3-6,9H,1-2H2,(H,12,13)(H,14,15). The van der Waals surface area contributed by atoms with Crippen molar-refractivity contribution in [3.63, 3.8) is 0 Å². The Morgan fingerprint density at radius 1 is 1.53 bits per heavy atom. The molecule has 15 heavy (non-hydrogen) atoms. The first-order valence-electron chi connectivity index (χ1n) is 5.07. The summed E-state index contributed by atoms with van der Waals surface area (Å²) in [6.07, 6.45) is 5.63. The van der Waals surface area contributed by atoms with E-state index in [1.165, 1.54) is 0 Å². The van der Waals surface area contributed by atoms with Crippen LogP contribution in [0.25, 0.3) is 11.0 Å². The summed E-state index contributed by atoms with van der Waals surface area (Å²) in [7, 11) is 0. The van der Waals surface area contributed by atoms with Crippen molar-refractivity contribution in [3.05, 3.63) is 30.1 Å². The molecule has 0 aromatic carbocycles. The van der Waals surface area contributed by atoms with Crippen LogP contribution in [0, 0.1) is 0 Å². The van der Waals surface area contributed by atoms with Gasteiger partial charge in [-0.2, -0.15) is 0 Å². The highest BCUT2D eigenvalue weighted by Gasteiger charge is 2.23. The number of hydrogen-bond donors (Lipinski definition) is 2. The summed E-state index contributed by atoms with van der Waals surface area (Å²) in [5, 5.41) is 3.91. The zero-order valence-corrected chi connectivity index (χ0v) is 8.16. The third-order valence-electron chi connectivity index (χ3n) is 2.57. The molecule has 2 aromatic rings. The molecule has 1 aliphatic carbocycles. The minimum absolute atomic E-state index is 0.0203. The predicted molar refractivity (Wildman–Crippen MR) is 56.6 cm³/mol. The van der Waals surface area contributed by atoms with Gasteiger partial charge in [-0.05, 0) is 25.0 Å². The number of carbonyl (C=O) groups is 1. The first kappa shape index (κ1) is 8.47. The Hall–Kier alpha value is -1.84. The van der Waals surface area contributed by atoms with Crippen LogP contribution in [-0.2, 0) is 0 Å². The van der Waals surface area contributed by atoms with E-state index in [2.05, 4.69) is 15.3 Å². The number of pyridine rings is 1. The van der Waals surface area contributed by atoms with Crippen molar-refractivity contribution < 1.29 is 4.79 Å². The van der Waals surface area contributed by atoms with Gasteiger partial charge >= 0.3 is 0 Å². The van der Waals surface area contributed by atoms with Gasteiger partial charge in [0.1, 0.15) is 5.65 Å². The third kappa shape index (κ3) is 1.58. The van der Waals surface area contributed by atoms with Crippen molar-refractivity contribution in [1.29, 1.82) is 0 Å². The fraction of sp³-hybridized carbons (Fsp3) is 0.273. The van der Waals surface area contributed by atoms with E-state index in [1.54, 1.807) is 6.20 Å². The van der Waals surface area contributed by atoms with Crippen LogP contribution in [0.2, 0.25) is 0 Å². The van der Waals surface area contributed by atoms with Crippen LogP contribution in [0.15, 0.2) is 24.5 Å². The summed E-state index contributed by atoms with van der Waals surface area (Å²) in [5.74, 6) is -0.0203. The lowest BCUT2D eigenvalue weighted by Crippen LogP contribution is -2.25. The van der Waals surface area contributed by atoms with Crippen molar-refractivity contribution in [1.82, 2.24) is 15.3 Å². The zero-order valence-electron chi connectivity index (χ0n) is 8.16. The lowest BCUT2D eigenvalue weighted by molar-refractivity contribution is 0.0951. The smallest absolute Gasteiger partial charge is 0.253 e. The highest BCUT2D eigenvalue weighted by atomic mass is 16.1. The summed E-state index contributed by atoms with van der Waals surface area (Å²) >= 11 is 0. The number of nitrogens with one attached hydrogen (secondary N) is 2. The summed E-state index contributed by atoms with van der Waals surface area (Å²) in [6, 6.07) is 4.16. The van der Waals surface area contributed by atoms with Gasteiger partial charge in [0.25, 0.3) is 5.91 Å². The highest BCUT2D eigenvalue weighted by Crippen LogP contribution is 2.19. The molecule has 0 spiro atoms. The van der Waals surface area contributed by atoms with Gasteiger partial charge in [-0.15, -0.1) is 0 Å². The molecule has 3 rings (SSSR count). The molecule has 0 atom stereocenters. The molecule has 0 bridgehead atoms. The molecular formula is C11H11N3O. The van der Waals surface area contributed by atoms with E-state index in [1.807, 2.05) is 18.3 Å². The first-order chi connectivity index (χ1) is 7.33. The fourth-order valence-corrected chi connectivity index (χ4v) is 1.56. The Kier molecular flexibility index (Phi) is 1.74. The van der Waals surface area contributed by atoms with Crippen LogP contribution >= 0.6 is 0 Å². The normalized spacial score (nSPS) is 15.5. The van der Waals surface area contributed by atoms with Crippen LogP contribution < -0.4 is 5.32 Å². The lowest BCUT2D eigenvalue weighted by atomic mass is 10.2. The van der Waals surface area contributed by atoms with E-state index in [0.717, 1.165) is 23.9 Å². The average molecular weight is 201 g/mol. The Balaban J connectivity index is 1.91. The van der Waals surface area contributed by atoms with Gasteiger partial charge in [-0.1, -0.05) is 0 Å². The highest BCUT2D eigenvalue weighted by molar-refractivity contribution is 5.97. The molecule has 2 heterocycles. The minimum atomic E-state index is -0.0203. The molecule has 0 unspecified atom stereocenters. The molecule has 76 valence electrons. The molecule has 1 amide bonds. The second-order valence-electron chi connectivity index (χ2n) is 3.89. The van der Waals surface area contributed by atoms with Crippen molar-refractivity contribution in [2.45, 2.75) is 18.9 Å². The van der Waals surface area contributed by atoms with Gasteiger partial charge in [-0.25, -0.2) is 4.98 Å². The van der Waals surface area contributed by atoms with E-state index in [0.29, 0.717) is 11.6 Å². The van der Waals surface area contributed by atoms with Gasteiger partial charge in [0.15, 0.2) is 0 Å². The van der Waals surface area contributed by atoms with Crippen molar-refractivity contribution in [2.24, 2.45) is 0 Å². The summed E-state index contributed by atoms with van der Waals surface area (Å²) in [4.78, 5) is 18.9. The van der Waals surface area contributed by atoms with Gasteiger partial charge in [0, 0.05) is 23.8 Å². The van der Waals surface area contributed by atoms with Crippen molar-refractivity contribution in [2.75, 3.05) is 0 Å². The van der Waals surface area contributed by atoms with E-state index in [-0.39, 0.29) is 5.91 Å². The van der Waals surface area contributed by atoms with Crippen LogP contribution in [0.1, 0.15) is 23.2 Å². The minimum Gasteiger partial charge on any atom is -0.349 e. The summed E-state index contributed by atoms with van der Waals surface area (Å²) < 4.78 is 0. The van der Waals surface area contributed by atoms with Gasteiger partial charge in [0.05, 0.1) is 5.56 Å². The maximum Gasteiger partial charge on any atom is 0.253 e. The van der Waals surface area contributed by atoms with Crippen LogP contribution in [0.4, 0.5) is 0 Å². The largest absolute Gasteiger partial charge is 0.349 e. The number of nitrogens with zero attached hydrogens (tertiary/aromatic N) is 1. The van der Waals surface area contributed by atoms with Crippen LogP contribution in [0.3, 0.4) is 0 Å². The first-order valence-corrected chi connectivity index (χ1v) is 5.07. The van der Waals surface area contributed by atoms with E-state index < -0.39 is 0 Å². The number of hydrogen-bond acceptors (Lipinski definition) is 2. The number of amides is 1. The molecule has 4 heteroatoms. The van der Waals surface area contributed by atoms with E-state index in [4.69, 9.17) is 0 Å². The average Bonchev–Trinajstić information content (AvgIpc) is 2.94. The molecule has 1 fully saturated rings. The fourth-order valence-electron chi connectivity index (χ4n) is 1.56. The molecule has 1 aliphatic rings.